The summed E-state index contributed by atoms with van der Waals surface area (Å²) in [5.74, 6) is 0.560. The molecule has 4 heteroatoms. The molecule has 1 heterocycles. The summed E-state index contributed by atoms with van der Waals surface area (Å²) in [6.45, 7) is 6.57. The first-order chi connectivity index (χ1) is 9.06. The van der Waals surface area contributed by atoms with Gasteiger partial charge in [0, 0.05) is 27.7 Å². The molecule has 1 aromatic carbocycles. The highest BCUT2D eigenvalue weighted by molar-refractivity contribution is 6.36. The molecule has 1 aliphatic heterocycles. The molecule has 19 heavy (non-hydrogen) atoms. The van der Waals surface area contributed by atoms with Gasteiger partial charge in [0.15, 0.2) is 0 Å². The van der Waals surface area contributed by atoms with Crippen LogP contribution < -0.4 is 5.32 Å². The molecule has 1 fully saturated rings. The van der Waals surface area contributed by atoms with Crippen molar-refractivity contribution in [2.75, 3.05) is 20.1 Å². The Kier molecular flexibility index (Phi) is 5.13. The topological polar surface area (TPSA) is 15.3 Å². The number of rotatable bonds is 4. The van der Waals surface area contributed by atoms with Gasteiger partial charge in [-0.2, -0.15) is 0 Å². The second-order valence-corrected chi connectivity index (χ2v) is 6.33. The van der Waals surface area contributed by atoms with Crippen LogP contribution in [0.2, 0.25) is 10.0 Å². The van der Waals surface area contributed by atoms with Crippen LogP contribution in [0, 0.1) is 5.92 Å². The van der Waals surface area contributed by atoms with E-state index in [1.165, 1.54) is 6.42 Å². The fourth-order valence-corrected chi connectivity index (χ4v) is 3.75. The number of hydrogen-bond acceptors (Lipinski definition) is 2. The van der Waals surface area contributed by atoms with Gasteiger partial charge in [-0.05, 0) is 58.5 Å². The molecule has 1 N–H and O–H groups in total. The van der Waals surface area contributed by atoms with E-state index >= 15 is 0 Å². The van der Waals surface area contributed by atoms with Crippen molar-refractivity contribution in [3.8, 4) is 0 Å². The highest BCUT2D eigenvalue weighted by Crippen LogP contribution is 2.43. The molecule has 2 atom stereocenters. The lowest BCUT2D eigenvalue weighted by molar-refractivity contribution is 0.182. The van der Waals surface area contributed by atoms with E-state index in [2.05, 4.69) is 24.1 Å². The van der Waals surface area contributed by atoms with Gasteiger partial charge >= 0.3 is 0 Å². The van der Waals surface area contributed by atoms with E-state index in [0.29, 0.717) is 18.0 Å². The van der Waals surface area contributed by atoms with Gasteiger partial charge in [0.05, 0.1) is 0 Å². The fraction of sp³-hybridized carbons (Fsp3) is 0.600. The summed E-state index contributed by atoms with van der Waals surface area (Å²) >= 11 is 12.8. The normalized spacial score (nSPS) is 24.3. The van der Waals surface area contributed by atoms with Crippen LogP contribution in [0.25, 0.3) is 0 Å². The van der Waals surface area contributed by atoms with Crippen molar-refractivity contribution in [2.45, 2.75) is 32.4 Å². The van der Waals surface area contributed by atoms with E-state index in [4.69, 9.17) is 23.2 Å². The van der Waals surface area contributed by atoms with Gasteiger partial charge < -0.3 is 5.32 Å². The summed E-state index contributed by atoms with van der Waals surface area (Å²) in [6.07, 6.45) is 1.19. The third-order valence-corrected chi connectivity index (χ3v) is 4.65. The third-order valence-electron chi connectivity index (χ3n) is 3.99. The summed E-state index contributed by atoms with van der Waals surface area (Å²) in [5, 5.41) is 4.86. The standard InChI is InChI=1S/C15H22Cl2N2/c1-10(2)19-8-7-11(9-18-3)15(19)14-12(16)5-4-6-13(14)17/h4-6,10-11,15,18H,7-9H2,1-3H3. The summed E-state index contributed by atoms with van der Waals surface area (Å²) < 4.78 is 0. The zero-order valence-corrected chi connectivity index (χ0v) is 13.3. The predicted octanol–water partition coefficient (Wildman–Crippen LogP) is 3.98. The van der Waals surface area contributed by atoms with E-state index < -0.39 is 0 Å². The van der Waals surface area contributed by atoms with Crippen LogP contribution in [0.15, 0.2) is 18.2 Å². The molecule has 0 amide bonds. The van der Waals surface area contributed by atoms with E-state index in [1.807, 2.05) is 25.2 Å². The number of hydrogen-bond donors (Lipinski definition) is 1. The second kappa shape index (κ2) is 6.45. The maximum atomic E-state index is 6.41. The van der Waals surface area contributed by atoms with Crippen LogP contribution in [0.4, 0.5) is 0 Å². The van der Waals surface area contributed by atoms with Crippen LogP contribution in [0.3, 0.4) is 0 Å². The largest absolute Gasteiger partial charge is 0.319 e. The molecule has 0 radical (unpaired) electrons. The Morgan fingerprint density at radius 1 is 1.32 bits per heavy atom. The van der Waals surface area contributed by atoms with Crippen molar-refractivity contribution in [3.05, 3.63) is 33.8 Å². The van der Waals surface area contributed by atoms with Crippen LogP contribution in [0.5, 0.6) is 0 Å². The van der Waals surface area contributed by atoms with Gasteiger partial charge in [-0.15, -0.1) is 0 Å². The summed E-state index contributed by atoms with van der Waals surface area (Å²) in [6, 6.07) is 6.61. The molecule has 2 rings (SSSR count). The number of nitrogens with zero attached hydrogens (tertiary/aromatic N) is 1. The molecule has 106 valence electrons. The lowest BCUT2D eigenvalue weighted by atomic mass is 9.93. The lowest BCUT2D eigenvalue weighted by Crippen LogP contribution is -2.34. The second-order valence-electron chi connectivity index (χ2n) is 5.52. The smallest absolute Gasteiger partial charge is 0.0468 e. The molecule has 0 aromatic heterocycles. The highest BCUT2D eigenvalue weighted by Gasteiger charge is 2.38. The molecule has 1 aromatic rings. The van der Waals surface area contributed by atoms with Gasteiger partial charge in [0.1, 0.15) is 0 Å². The average molecular weight is 301 g/mol. The molecular formula is C15H22Cl2N2. The predicted molar refractivity (Wildman–Crippen MR) is 83.1 cm³/mol. The van der Waals surface area contributed by atoms with Gasteiger partial charge in [0.2, 0.25) is 0 Å². The molecule has 1 aliphatic rings. The fourth-order valence-electron chi connectivity index (χ4n) is 3.13. The highest BCUT2D eigenvalue weighted by atomic mass is 35.5. The summed E-state index contributed by atoms with van der Waals surface area (Å²) in [4.78, 5) is 2.51. The Labute approximate surface area is 126 Å². The number of nitrogens with one attached hydrogen (secondary N) is 1. The molecule has 0 aliphatic carbocycles. The van der Waals surface area contributed by atoms with Crippen molar-refractivity contribution < 1.29 is 0 Å². The van der Waals surface area contributed by atoms with E-state index in [1.54, 1.807) is 0 Å². The van der Waals surface area contributed by atoms with E-state index in [9.17, 15) is 0 Å². The van der Waals surface area contributed by atoms with Crippen molar-refractivity contribution >= 4 is 23.2 Å². The van der Waals surface area contributed by atoms with Gasteiger partial charge in [0.25, 0.3) is 0 Å². The third kappa shape index (κ3) is 3.08. The van der Waals surface area contributed by atoms with Crippen LogP contribution in [0.1, 0.15) is 31.9 Å². The van der Waals surface area contributed by atoms with Crippen molar-refractivity contribution in [1.29, 1.82) is 0 Å². The summed E-state index contributed by atoms with van der Waals surface area (Å²) in [7, 11) is 2.00. The quantitative estimate of drug-likeness (QED) is 0.905. The first-order valence-electron chi connectivity index (χ1n) is 6.90. The van der Waals surface area contributed by atoms with Crippen LogP contribution in [-0.2, 0) is 0 Å². The molecule has 0 spiro atoms. The molecule has 2 nitrogen and oxygen atoms in total. The van der Waals surface area contributed by atoms with Gasteiger partial charge in [-0.25, -0.2) is 0 Å². The SMILES string of the molecule is CNCC1CCN(C(C)C)C1c1c(Cl)cccc1Cl. The minimum atomic E-state index is 0.314. The molecule has 0 saturated carbocycles. The maximum absolute atomic E-state index is 6.41. The number of halogens is 2. The molecular weight excluding hydrogens is 279 g/mol. The van der Waals surface area contributed by atoms with Crippen molar-refractivity contribution in [3.63, 3.8) is 0 Å². The van der Waals surface area contributed by atoms with Crippen LogP contribution >= 0.6 is 23.2 Å². The van der Waals surface area contributed by atoms with Gasteiger partial charge in [-0.1, -0.05) is 29.3 Å². The monoisotopic (exact) mass is 300 g/mol. The lowest BCUT2D eigenvalue weighted by Gasteiger charge is -2.32. The Balaban J connectivity index is 2.40. The maximum Gasteiger partial charge on any atom is 0.0468 e. The Hall–Kier alpha value is -0.280. The van der Waals surface area contributed by atoms with Gasteiger partial charge in [-0.3, -0.25) is 4.90 Å². The zero-order chi connectivity index (χ0) is 14.0. The molecule has 2 unspecified atom stereocenters. The van der Waals surface area contributed by atoms with Crippen molar-refractivity contribution in [2.24, 2.45) is 5.92 Å². The first kappa shape index (κ1) is 15.1. The van der Waals surface area contributed by atoms with E-state index in [-0.39, 0.29) is 0 Å². The molecule has 1 saturated heterocycles. The van der Waals surface area contributed by atoms with Crippen molar-refractivity contribution in [1.82, 2.24) is 10.2 Å². The summed E-state index contributed by atoms with van der Waals surface area (Å²) in [5.41, 5.74) is 1.09. The minimum Gasteiger partial charge on any atom is -0.319 e. The zero-order valence-electron chi connectivity index (χ0n) is 11.8. The minimum absolute atomic E-state index is 0.314. The number of benzene rings is 1. The van der Waals surface area contributed by atoms with Crippen LogP contribution in [-0.4, -0.2) is 31.1 Å². The average Bonchev–Trinajstić information content (AvgIpc) is 2.74. The van der Waals surface area contributed by atoms with E-state index in [0.717, 1.165) is 28.7 Å². The molecule has 0 bridgehead atoms. The Bertz CT molecular complexity index is 414. The Morgan fingerprint density at radius 3 is 2.47 bits per heavy atom. The first-order valence-corrected chi connectivity index (χ1v) is 7.66. The number of likely N-dealkylation sites (tertiary alicyclic amines) is 1. The Morgan fingerprint density at radius 2 is 1.95 bits per heavy atom.